The summed E-state index contributed by atoms with van der Waals surface area (Å²) in [4.78, 5) is 13.4. The van der Waals surface area contributed by atoms with Crippen molar-refractivity contribution in [2.24, 2.45) is 5.92 Å². The second-order valence-electron chi connectivity index (χ2n) is 3.36. The maximum Gasteiger partial charge on any atom is 0.138 e. The van der Waals surface area contributed by atoms with Crippen LogP contribution in [0.4, 0.5) is 0 Å². The van der Waals surface area contributed by atoms with E-state index in [1.54, 1.807) is 0 Å². The second kappa shape index (κ2) is 2.70. The zero-order valence-corrected chi connectivity index (χ0v) is 6.92. The van der Waals surface area contributed by atoms with Crippen molar-refractivity contribution in [1.29, 1.82) is 0 Å². The first-order valence-corrected chi connectivity index (χ1v) is 3.84. The molecule has 58 valence electrons. The number of Topliss-reactive ketones (excluding diaryl/α,β-unsaturated/α-hetero) is 1. The number of hydrogen-bond acceptors (Lipinski definition) is 2. The Bertz CT molecular complexity index is 144. The molecule has 0 aliphatic carbocycles. The third-order valence-electron chi connectivity index (χ3n) is 2.36. The van der Waals surface area contributed by atoms with Gasteiger partial charge in [-0.15, -0.1) is 0 Å². The molecule has 0 amide bonds. The second-order valence-corrected chi connectivity index (χ2v) is 3.36. The Morgan fingerprint density at radius 3 is 2.60 bits per heavy atom. The number of rotatable bonds is 0. The number of piperidine rings is 1. The fourth-order valence-corrected chi connectivity index (χ4v) is 1.36. The largest absolute Gasteiger partial charge is 0.303 e. The molecule has 0 spiro atoms. The van der Waals surface area contributed by atoms with Gasteiger partial charge in [0.15, 0.2) is 0 Å². The molecule has 2 atom stereocenters. The molecular weight excluding hydrogens is 126 g/mol. The van der Waals surface area contributed by atoms with Crippen molar-refractivity contribution in [3.05, 3.63) is 0 Å². The standard InChI is InChI=1S/C8H15NO/c1-6-5-9(3)7(2)4-8(6)10/h6-7H,4-5H2,1-3H3/t6-,7+/m0/s1. The highest BCUT2D eigenvalue weighted by molar-refractivity contribution is 5.82. The Morgan fingerprint density at radius 1 is 1.50 bits per heavy atom. The molecular formula is C8H15NO. The van der Waals surface area contributed by atoms with Crippen LogP contribution in [0.25, 0.3) is 0 Å². The van der Waals surface area contributed by atoms with Crippen LogP contribution in [0.2, 0.25) is 0 Å². The van der Waals surface area contributed by atoms with E-state index < -0.39 is 0 Å². The van der Waals surface area contributed by atoms with Crippen LogP contribution < -0.4 is 0 Å². The Morgan fingerprint density at radius 2 is 2.10 bits per heavy atom. The fourth-order valence-electron chi connectivity index (χ4n) is 1.36. The first kappa shape index (κ1) is 7.73. The molecule has 0 bridgehead atoms. The lowest BCUT2D eigenvalue weighted by atomic mass is 9.94. The van der Waals surface area contributed by atoms with E-state index in [9.17, 15) is 4.79 Å². The van der Waals surface area contributed by atoms with Crippen LogP contribution in [-0.4, -0.2) is 30.3 Å². The van der Waals surface area contributed by atoms with E-state index in [2.05, 4.69) is 18.9 Å². The van der Waals surface area contributed by atoms with E-state index in [1.807, 2.05) is 6.92 Å². The lowest BCUT2D eigenvalue weighted by molar-refractivity contribution is -0.126. The molecule has 1 aliphatic rings. The number of ketones is 1. The van der Waals surface area contributed by atoms with E-state index in [4.69, 9.17) is 0 Å². The first-order valence-electron chi connectivity index (χ1n) is 3.84. The van der Waals surface area contributed by atoms with Gasteiger partial charge in [0, 0.05) is 24.9 Å². The highest BCUT2D eigenvalue weighted by Crippen LogP contribution is 2.15. The topological polar surface area (TPSA) is 20.3 Å². The summed E-state index contributed by atoms with van der Waals surface area (Å²) >= 11 is 0. The van der Waals surface area contributed by atoms with Crippen LogP contribution in [-0.2, 0) is 4.79 Å². The SMILES string of the molecule is C[C@@H]1CC(=O)[C@@H](C)CN1C. The Hall–Kier alpha value is -0.370. The van der Waals surface area contributed by atoms with Gasteiger partial charge in [0.2, 0.25) is 0 Å². The smallest absolute Gasteiger partial charge is 0.138 e. The molecule has 2 heteroatoms. The summed E-state index contributed by atoms with van der Waals surface area (Å²) < 4.78 is 0. The molecule has 10 heavy (non-hydrogen) atoms. The van der Waals surface area contributed by atoms with Crippen molar-refractivity contribution in [2.45, 2.75) is 26.3 Å². The summed E-state index contributed by atoms with van der Waals surface area (Å²) in [6.07, 6.45) is 0.734. The summed E-state index contributed by atoms with van der Waals surface area (Å²) in [6, 6.07) is 0.448. The molecule has 0 saturated carbocycles. The van der Waals surface area contributed by atoms with Crippen molar-refractivity contribution < 1.29 is 4.79 Å². The predicted octanol–water partition coefficient (Wildman–Crippen LogP) is 0.916. The van der Waals surface area contributed by atoms with E-state index in [0.717, 1.165) is 13.0 Å². The summed E-state index contributed by atoms with van der Waals surface area (Å²) in [7, 11) is 2.08. The monoisotopic (exact) mass is 141 g/mol. The number of likely N-dealkylation sites (tertiary alicyclic amines) is 1. The minimum atomic E-state index is 0.251. The van der Waals surface area contributed by atoms with Crippen molar-refractivity contribution in [3.8, 4) is 0 Å². The third-order valence-corrected chi connectivity index (χ3v) is 2.36. The van der Waals surface area contributed by atoms with E-state index in [1.165, 1.54) is 0 Å². The van der Waals surface area contributed by atoms with Crippen molar-refractivity contribution >= 4 is 5.78 Å². The maximum absolute atomic E-state index is 11.1. The van der Waals surface area contributed by atoms with Crippen LogP contribution in [0.5, 0.6) is 0 Å². The Balaban J connectivity index is 2.54. The lowest BCUT2D eigenvalue weighted by Crippen LogP contribution is -2.42. The van der Waals surface area contributed by atoms with Gasteiger partial charge < -0.3 is 4.90 Å². The number of carbonyl (C=O) groups excluding carboxylic acids is 1. The van der Waals surface area contributed by atoms with Crippen LogP contribution in [0, 0.1) is 5.92 Å². The predicted molar refractivity (Wildman–Crippen MR) is 40.9 cm³/mol. The Labute approximate surface area is 62.2 Å². The van der Waals surface area contributed by atoms with Crippen molar-refractivity contribution in [1.82, 2.24) is 4.90 Å². The minimum absolute atomic E-state index is 0.251. The third kappa shape index (κ3) is 1.37. The van der Waals surface area contributed by atoms with Gasteiger partial charge >= 0.3 is 0 Å². The zero-order chi connectivity index (χ0) is 7.72. The zero-order valence-electron chi connectivity index (χ0n) is 6.92. The molecule has 0 N–H and O–H groups in total. The van der Waals surface area contributed by atoms with Gasteiger partial charge in [0.05, 0.1) is 0 Å². The van der Waals surface area contributed by atoms with Crippen LogP contribution in [0.15, 0.2) is 0 Å². The number of carbonyl (C=O) groups is 1. The number of hydrogen-bond donors (Lipinski definition) is 0. The first-order chi connectivity index (χ1) is 4.61. The van der Waals surface area contributed by atoms with Gasteiger partial charge in [-0.05, 0) is 14.0 Å². The average molecular weight is 141 g/mol. The van der Waals surface area contributed by atoms with Gasteiger partial charge in [0.1, 0.15) is 5.78 Å². The molecule has 0 radical (unpaired) electrons. The highest BCUT2D eigenvalue weighted by Gasteiger charge is 2.25. The summed E-state index contributed by atoms with van der Waals surface area (Å²) in [5.41, 5.74) is 0. The number of nitrogens with zero attached hydrogens (tertiary/aromatic N) is 1. The van der Waals surface area contributed by atoms with E-state index in [0.29, 0.717) is 11.8 Å². The lowest BCUT2D eigenvalue weighted by Gasteiger charge is -2.32. The summed E-state index contributed by atoms with van der Waals surface area (Å²) in [5, 5.41) is 0. The fraction of sp³-hybridized carbons (Fsp3) is 0.875. The van der Waals surface area contributed by atoms with Gasteiger partial charge in [-0.2, -0.15) is 0 Å². The van der Waals surface area contributed by atoms with Crippen molar-refractivity contribution in [2.75, 3.05) is 13.6 Å². The van der Waals surface area contributed by atoms with Gasteiger partial charge in [-0.1, -0.05) is 6.92 Å². The molecule has 2 nitrogen and oxygen atoms in total. The highest BCUT2D eigenvalue weighted by atomic mass is 16.1. The van der Waals surface area contributed by atoms with Crippen LogP contribution in [0.3, 0.4) is 0 Å². The minimum Gasteiger partial charge on any atom is -0.303 e. The normalized spacial score (nSPS) is 36.5. The molecule has 1 fully saturated rings. The molecule has 1 heterocycles. The summed E-state index contributed by atoms with van der Waals surface area (Å²) in [6.45, 7) is 5.04. The molecule has 1 rings (SSSR count). The average Bonchev–Trinajstić information content (AvgIpc) is 1.84. The molecule has 0 unspecified atom stereocenters. The molecule has 1 saturated heterocycles. The van der Waals surface area contributed by atoms with Gasteiger partial charge in [-0.3, -0.25) is 4.79 Å². The van der Waals surface area contributed by atoms with E-state index >= 15 is 0 Å². The molecule has 1 aliphatic heterocycles. The van der Waals surface area contributed by atoms with E-state index in [-0.39, 0.29) is 5.92 Å². The van der Waals surface area contributed by atoms with Gasteiger partial charge in [-0.25, -0.2) is 0 Å². The Kier molecular flexibility index (Phi) is 2.09. The molecule has 0 aromatic carbocycles. The molecule has 0 aromatic rings. The van der Waals surface area contributed by atoms with Crippen LogP contribution in [0.1, 0.15) is 20.3 Å². The molecule has 0 aromatic heterocycles. The van der Waals surface area contributed by atoms with Gasteiger partial charge in [0.25, 0.3) is 0 Å². The quantitative estimate of drug-likeness (QED) is 0.500. The summed E-state index contributed by atoms with van der Waals surface area (Å²) in [5.74, 6) is 0.673. The van der Waals surface area contributed by atoms with Crippen molar-refractivity contribution in [3.63, 3.8) is 0 Å². The van der Waals surface area contributed by atoms with Crippen LogP contribution >= 0.6 is 0 Å². The maximum atomic E-state index is 11.1.